The number of hydrogen-bond acceptors (Lipinski definition) is 6. The van der Waals surface area contributed by atoms with Crippen LogP contribution in [-0.4, -0.2) is 65.2 Å². The predicted octanol–water partition coefficient (Wildman–Crippen LogP) is 1.43. The number of hydrogen-bond donors (Lipinski definition) is 2. The van der Waals surface area contributed by atoms with Gasteiger partial charge >= 0.3 is 0 Å². The molecule has 1 aromatic rings. The molecule has 2 N–H and O–H groups in total. The lowest BCUT2D eigenvalue weighted by Gasteiger charge is -2.46. The maximum absolute atomic E-state index is 12.7. The number of amides is 1. The highest BCUT2D eigenvalue weighted by Crippen LogP contribution is 2.29. The summed E-state index contributed by atoms with van der Waals surface area (Å²) >= 11 is 0. The van der Waals surface area contributed by atoms with Crippen LogP contribution in [0.4, 0.5) is 5.82 Å². The van der Waals surface area contributed by atoms with Crippen molar-refractivity contribution < 1.29 is 9.53 Å². The van der Waals surface area contributed by atoms with E-state index in [1.54, 1.807) is 18.6 Å². The second-order valence-corrected chi connectivity index (χ2v) is 7.69. The van der Waals surface area contributed by atoms with Crippen LogP contribution < -0.4 is 10.6 Å². The first-order chi connectivity index (χ1) is 12.8. The SMILES string of the molecule is O=C(NC1CCC1N1CCOCC1)C1CCC(Nc2cnccn2)CC1. The summed E-state index contributed by atoms with van der Waals surface area (Å²) in [4.78, 5) is 23.5. The lowest BCUT2D eigenvalue weighted by molar-refractivity contribution is -0.128. The highest BCUT2D eigenvalue weighted by molar-refractivity contribution is 5.79. The van der Waals surface area contributed by atoms with Gasteiger partial charge in [-0.1, -0.05) is 0 Å². The Morgan fingerprint density at radius 1 is 1.08 bits per heavy atom. The predicted molar refractivity (Wildman–Crippen MR) is 98.7 cm³/mol. The molecule has 7 heteroatoms. The molecule has 4 rings (SSSR count). The van der Waals surface area contributed by atoms with Gasteiger partial charge in [0.2, 0.25) is 5.91 Å². The molecule has 7 nitrogen and oxygen atoms in total. The van der Waals surface area contributed by atoms with E-state index in [0.717, 1.165) is 64.2 Å². The molecule has 26 heavy (non-hydrogen) atoms. The van der Waals surface area contributed by atoms with Crippen LogP contribution in [0.2, 0.25) is 0 Å². The average Bonchev–Trinajstić information content (AvgIpc) is 2.67. The summed E-state index contributed by atoms with van der Waals surface area (Å²) in [7, 11) is 0. The van der Waals surface area contributed by atoms with Gasteiger partial charge in [-0.15, -0.1) is 0 Å². The van der Waals surface area contributed by atoms with E-state index in [1.165, 1.54) is 6.42 Å². The van der Waals surface area contributed by atoms with Crippen LogP contribution >= 0.6 is 0 Å². The van der Waals surface area contributed by atoms with Crippen LogP contribution in [0.15, 0.2) is 18.6 Å². The first-order valence-electron chi connectivity index (χ1n) is 9.94. The maximum atomic E-state index is 12.7. The third-order valence-corrected chi connectivity index (χ3v) is 6.09. The van der Waals surface area contributed by atoms with E-state index < -0.39 is 0 Å². The first kappa shape index (κ1) is 17.7. The van der Waals surface area contributed by atoms with E-state index in [9.17, 15) is 4.79 Å². The summed E-state index contributed by atoms with van der Waals surface area (Å²) in [5.41, 5.74) is 0. The van der Waals surface area contributed by atoms with Crippen molar-refractivity contribution >= 4 is 11.7 Å². The number of carbonyl (C=O) groups is 1. The summed E-state index contributed by atoms with van der Waals surface area (Å²) in [5.74, 6) is 1.23. The van der Waals surface area contributed by atoms with Gasteiger partial charge in [0, 0.05) is 49.5 Å². The molecular weight excluding hydrogens is 330 g/mol. The van der Waals surface area contributed by atoms with Crippen LogP contribution in [0.25, 0.3) is 0 Å². The molecule has 0 spiro atoms. The Morgan fingerprint density at radius 2 is 1.88 bits per heavy atom. The van der Waals surface area contributed by atoms with Crippen LogP contribution in [0.1, 0.15) is 38.5 Å². The number of carbonyl (C=O) groups excluding carboxylic acids is 1. The molecule has 2 atom stereocenters. The third kappa shape index (κ3) is 4.15. The van der Waals surface area contributed by atoms with Gasteiger partial charge in [0.15, 0.2) is 0 Å². The van der Waals surface area contributed by atoms with E-state index in [2.05, 4.69) is 25.5 Å². The van der Waals surface area contributed by atoms with Gasteiger partial charge in [0.05, 0.1) is 19.4 Å². The molecule has 1 aliphatic heterocycles. The van der Waals surface area contributed by atoms with Crippen molar-refractivity contribution in [1.29, 1.82) is 0 Å². The van der Waals surface area contributed by atoms with Crippen LogP contribution in [0, 0.1) is 5.92 Å². The number of anilines is 1. The largest absolute Gasteiger partial charge is 0.379 e. The number of nitrogens with one attached hydrogen (secondary N) is 2. The molecule has 2 unspecified atom stereocenters. The molecule has 1 amide bonds. The Bertz CT molecular complexity index is 585. The molecule has 2 heterocycles. The van der Waals surface area contributed by atoms with Crippen molar-refractivity contribution in [1.82, 2.24) is 20.2 Å². The Morgan fingerprint density at radius 3 is 2.54 bits per heavy atom. The fourth-order valence-corrected chi connectivity index (χ4v) is 4.38. The molecule has 0 radical (unpaired) electrons. The van der Waals surface area contributed by atoms with Crippen molar-refractivity contribution in [2.24, 2.45) is 5.92 Å². The van der Waals surface area contributed by atoms with E-state index in [-0.39, 0.29) is 11.8 Å². The quantitative estimate of drug-likeness (QED) is 0.828. The Labute approximate surface area is 154 Å². The van der Waals surface area contributed by atoms with Gasteiger partial charge in [-0.2, -0.15) is 0 Å². The minimum Gasteiger partial charge on any atom is -0.379 e. The lowest BCUT2D eigenvalue weighted by Crippen LogP contribution is -2.61. The van der Waals surface area contributed by atoms with Crippen molar-refractivity contribution in [3.05, 3.63) is 18.6 Å². The number of ether oxygens (including phenoxy) is 1. The average molecular weight is 359 g/mol. The topological polar surface area (TPSA) is 79.4 Å². The number of rotatable bonds is 5. The fourth-order valence-electron chi connectivity index (χ4n) is 4.38. The fraction of sp³-hybridized carbons (Fsp3) is 0.737. The lowest BCUT2D eigenvalue weighted by atomic mass is 9.82. The van der Waals surface area contributed by atoms with Gasteiger partial charge in [-0.25, -0.2) is 4.98 Å². The minimum absolute atomic E-state index is 0.154. The first-order valence-corrected chi connectivity index (χ1v) is 9.94. The van der Waals surface area contributed by atoms with Crippen LogP contribution in [0.5, 0.6) is 0 Å². The number of aromatic nitrogens is 2. The molecule has 0 aromatic carbocycles. The van der Waals surface area contributed by atoms with Crippen molar-refractivity contribution in [3.63, 3.8) is 0 Å². The summed E-state index contributed by atoms with van der Waals surface area (Å²) in [6.07, 6.45) is 11.3. The summed E-state index contributed by atoms with van der Waals surface area (Å²) in [5, 5.41) is 6.76. The van der Waals surface area contributed by atoms with Gasteiger partial charge in [0.1, 0.15) is 5.82 Å². The Kier molecular flexibility index (Phi) is 5.65. The summed E-state index contributed by atoms with van der Waals surface area (Å²) in [6, 6.07) is 1.23. The van der Waals surface area contributed by atoms with Crippen molar-refractivity contribution in [2.45, 2.75) is 56.7 Å². The standard InChI is InChI=1S/C19H29N5O2/c25-19(23-16-5-6-17(16)24-9-11-26-12-10-24)14-1-3-15(4-2-14)22-18-13-20-7-8-21-18/h7-8,13-17H,1-6,9-12H2,(H,21,22)(H,23,25). The smallest absolute Gasteiger partial charge is 0.223 e. The van der Waals surface area contributed by atoms with Crippen molar-refractivity contribution in [2.75, 3.05) is 31.6 Å². The zero-order chi connectivity index (χ0) is 17.8. The van der Waals surface area contributed by atoms with Crippen molar-refractivity contribution in [3.8, 4) is 0 Å². The molecule has 2 saturated carbocycles. The van der Waals surface area contributed by atoms with Crippen LogP contribution in [0.3, 0.4) is 0 Å². The summed E-state index contributed by atoms with van der Waals surface area (Å²) < 4.78 is 5.44. The zero-order valence-corrected chi connectivity index (χ0v) is 15.3. The third-order valence-electron chi connectivity index (χ3n) is 6.09. The number of nitrogens with zero attached hydrogens (tertiary/aromatic N) is 3. The highest BCUT2D eigenvalue weighted by atomic mass is 16.5. The van der Waals surface area contributed by atoms with Gasteiger partial charge in [0.25, 0.3) is 0 Å². The summed E-state index contributed by atoms with van der Waals surface area (Å²) in [6.45, 7) is 3.63. The molecule has 3 aliphatic rings. The zero-order valence-electron chi connectivity index (χ0n) is 15.3. The number of morpholine rings is 1. The normalized spacial score (nSPS) is 32.5. The Hall–Kier alpha value is -1.73. The monoisotopic (exact) mass is 359 g/mol. The highest BCUT2D eigenvalue weighted by Gasteiger charge is 2.38. The second kappa shape index (κ2) is 8.31. The van der Waals surface area contributed by atoms with Gasteiger partial charge in [-0.05, 0) is 38.5 Å². The molecule has 2 aliphatic carbocycles. The molecule has 142 valence electrons. The van der Waals surface area contributed by atoms with Crippen LogP contribution in [-0.2, 0) is 9.53 Å². The Balaban J connectivity index is 1.21. The molecule has 1 aromatic heterocycles. The van der Waals surface area contributed by atoms with E-state index in [1.807, 2.05) is 0 Å². The van der Waals surface area contributed by atoms with Gasteiger partial charge < -0.3 is 15.4 Å². The van der Waals surface area contributed by atoms with E-state index >= 15 is 0 Å². The second-order valence-electron chi connectivity index (χ2n) is 7.69. The molecule has 1 saturated heterocycles. The van der Waals surface area contributed by atoms with E-state index in [0.29, 0.717) is 18.1 Å². The molecule has 0 bridgehead atoms. The maximum Gasteiger partial charge on any atom is 0.223 e. The molecular formula is C19H29N5O2. The minimum atomic E-state index is 0.154. The van der Waals surface area contributed by atoms with E-state index in [4.69, 9.17) is 4.74 Å². The van der Waals surface area contributed by atoms with Gasteiger partial charge in [-0.3, -0.25) is 14.7 Å². The molecule has 3 fully saturated rings.